The number of aryl methyl sites for hydroxylation is 2. The first-order chi connectivity index (χ1) is 14.0. The molecule has 0 fully saturated rings. The number of ether oxygens (including phenoxy) is 1. The minimum atomic E-state index is -0.0987. The molecule has 0 saturated carbocycles. The largest absolute Gasteiger partial charge is 0.495 e. The van der Waals surface area contributed by atoms with E-state index in [0.29, 0.717) is 17.8 Å². The number of H-pyrrole nitrogens is 1. The predicted molar refractivity (Wildman–Crippen MR) is 120 cm³/mol. The first-order valence-electron chi connectivity index (χ1n) is 9.41. The van der Waals surface area contributed by atoms with E-state index in [-0.39, 0.29) is 5.56 Å². The summed E-state index contributed by atoms with van der Waals surface area (Å²) in [6.45, 7) is 4.57. The first kappa shape index (κ1) is 19.2. The number of benzene rings is 2. The summed E-state index contributed by atoms with van der Waals surface area (Å²) in [4.78, 5) is 24.6. The SMILES string of the molecule is COc1ccccc1N(C)Cc1nc2sc(C)c(-c3ccc(C)cc3)c2c(=O)[nH]1. The summed E-state index contributed by atoms with van der Waals surface area (Å²) in [5, 5.41) is 0.667. The van der Waals surface area contributed by atoms with Crippen LogP contribution in [0.5, 0.6) is 5.75 Å². The molecule has 0 radical (unpaired) electrons. The molecule has 4 rings (SSSR count). The lowest BCUT2D eigenvalue weighted by Gasteiger charge is -2.21. The molecule has 29 heavy (non-hydrogen) atoms. The minimum absolute atomic E-state index is 0.0987. The summed E-state index contributed by atoms with van der Waals surface area (Å²) in [6.07, 6.45) is 0. The molecular formula is C23H23N3O2S. The summed E-state index contributed by atoms with van der Waals surface area (Å²) in [6, 6.07) is 16.1. The number of nitrogens with zero attached hydrogens (tertiary/aromatic N) is 2. The zero-order valence-corrected chi connectivity index (χ0v) is 17.8. The van der Waals surface area contributed by atoms with Gasteiger partial charge < -0.3 is 14.6 Å². The molecule has 6 heteroatoms. The van der Waals surface area contributed by atoms with Gasteiger partial charge in [0, 0.05) is 17.5 Å². The second-order valence-corrected chi connectivity index (χ2v) is 8.32. The standard InChI is InChI=1S/C23H23N3O2S/c1-14-9-11-16(12-10-14)20-15(2)29-23-21(20)22(27)24-19(25-23)13-26(3)17-7-5-6-8-18(17)28-4/h5-12H,13H2,1-4H3,(H,24,25,27). The Kier molecular flexibility index (Phi) is 5.11. The smallest absolute Gasteiger partial charge is 0.260 e. The van der Waals surface area contributed by atoms with Gasteiger partial charge in [0.2, 0.25) is 0 Å². The van der Waals surface area contributed by atoms with Crippen LogP contribution in [0.15, 0.2) is 53.3 Å². The Labute approximate surface area is 173 Å². The number of aromatic amines is 1. The Morgan fingerprint density at radius 2 is 1.83 bits per heavy atom. The molecule has 2 heterocycles. The number of hydrogen-bond acceptors (Lipinski definition) is 5. The highest BCUT2D eigenvalue weighted by molar-refractivity contribution is 7.19. The molecule has 148 valence electrons. The molecule has 0 amide bonds. The van der Waals surface area contributed by atoms with Gasteiger partial charge in [0.15, 0.2) is 0 Å². The molecule has 0 atom stereocenters. The normalized spacial score (nSPS) is 11.0. The highest BCUT2D eigenvalue weighted by atomic mass is 32.1. The van der Waals surface area contributed by atoms with Gasteiger partial charge in [-0.05, 0) is 31.5 Å². The summed E-state index contributed by atoms with van der Waals surface area (Å²) < 4.78 is 5.44. The topological polar surface area (TPSA) is 58.2 Å². The highest BCUT2D eigenvalue weighted by Crippen LogP contribution is 2.35. The maximum Gasteiger partial charge on any atom is 0.260 e. The Balaban J connectivity index is 1.73. The van der Waals surface area contributed by atoms with E-state index >= 15 is 0 Å². The maximum absolute atomic E-state index is 13.0. The van der Waals surface area contributed by atoms with Gasteiger partial charge in [0.25, 0.3) is 5.56 Å². The zero-order chi connectivity index (χ0) is 20.5. The summed E-state index contributed by atoms with van der Waals surface area (Å²) in [5.74, 6) is 1.42. The first-order valence-corrected chi connectivity index (χ1v) is 10.2. The molecule has 1 N–H and O–H groups in total. The van der Waals surface area contributed by atoms with Crippen molar-refractivity contribution < 1.29 is 4.74 Å². The van der Waals surface area contributed by atoms with E-state index in [1.54, 1.807) is 18.4 Å². The van der Waals surface area contributed by atoms with Gasteiger partial charge in [0.1, 0.15) is 16.4 Å². The lowest BCUT2D eigenvalue weighted by atomic mass is 10.0. The van der Waals surface area contributed by atoms with Crippen LogP contribution in [0.25, 0.3) is 21.3 Å². The van der Waals surface area contributed by atoms with Gasteiger partial charge >= 0.3 is 0 Å². The molecule has 0 aliphatic rings. The number of hydrogen-bond donors (Lipinski definition) is 1. The summed E-state index contributed by atoms with van der Waals surface area (Å²) >= 11 is 1.56. The van der Waals surface area contributed by atoms with Crippen molar-refractivity contribution in [2.24, 2.45) is 0 Å². The molecule has 0 spiro atoms. The Hall–Kier alpha value is -3.12. The van der Waals surface area contributed by atoms with Crippen LogP contribution in [0.3, 0.4) is 0 Å². The number of nitrogens with one attached hydrogen (secondary N) is 1. The number of anilines is 1. The average Bonchev–Trinajstić information content (AvgIpc) is 3.04. The molecular weight excluding hydrogens is 382 g/mol. The molecule has 5 nitrogen and oxygen atoms in total. The molecule has 0 aliphatic heterocycles. The van der Waals surface area contributed by atoms with Crippen LogP contribution in [0, 0.1) is 13.8 Å². The molecule has 0 unspecified atom stereocenters. The van der Waals surface area contributed by atoms with Gasteiger partial charge in [-0.25, -0.2) is 4.98 Å². The second-order valence-electron chi connectivity index (χ2n) is 7.12. The van der Waals surface area contributed by atoms with Gasteiger partial charge in [-0.15, -0.1) is 11.3 Å². The van der Waals surface area contributed by atoms with E-state index in [9.17, 15) is 4.79 Å². The van der Waals surface area contributed by atoms with Gasteiger partial charge in [-0.3, -0.25) is 4.79 Å². The lowest BCUT2D eigenvalue weighted by molar-refractivity contribution is 0.414. The zero-order valence-electron chi connectivity index (χ0n) is 16.9. The van der Waals surface area contributed by atoms with E-state index in [4.69, 9.17) is 9.72 Å². The van der Waals surface area contributed by atoms with E-state index in [1.807, 2.05) is 43.1 Å². The molecule has 0 saturated heterocycles. The third-order valence-corrected chi connectivity index (χ3v) is 6.01. The van der Waals surface area contributed by atoms with Crippen molar-refractivity contribution in [3.05, 3.63) is 75.1 Å². The molecule has 2 aromatic carbocycles. The van der Waals surface area contributed by atoms with Crippen molar-refractivity contribution in [2.75, 3.05) is 19.1 Å². The lowest BCUT2D eigenvalue weighted by Crippen LogP contribution is -2.21. The maximum atomic E-state index is 13.0. The van der Waals surface area contributed by atoms with Crippen molar-refractivity contribution in [1.82, 2.24) is 9.97 Å². The van der Waals surface area contributed by atoms with Crippen LogP contribution in [0.2, 0.25) is 0 Å². The number of para-hydroxylation sites is 2. The number of rotatable bonds is 5. The monoisotopic (exact) mass is 405 g/mol. The number of aromatic nitrogens is 2. The van der Waals surface area contributed by atoms with Crippen LogP contribution < -0.4 is 15.2 Å². The van der Waals surface area contributed by atoms with Crippen molar-refractivity contribution in [3.63, 3.8) is 0 Å². The van der Waals surface area contributed by atoms with Gasteiger partial charge in [-0.2, -0.15) is 0 Å². The van der Waals surface area contributed by atoms with Crippen LogP contribution in [0.1, 0.15) is 16.3 Å². The minimum Gasteiger partial charge on any atom is -0.495 e. The van der Waals surface area contributed by atoms with E-state index in [2.05, 4.69) is 36.2 Å². The third-order valence-electron chi connectivity index (χ3n) is 5.01. The molecule has 4 aromatic rings. The molecule has 0 aliphatic carbocycles. The van der Waals surface area contributed by atoms with E-state index < -0.39 is 0 Å². The van der Waals surface area contributed by atoms with Crippen molar-refractivity contribution >= 4 is 27.2 Å². The predicted octanol–water partition coefficient (Wildman–Crippen LogP) is 4.91. The van der Waals surface area contributed by atoms with Crippen molar-refractivity contribution in [3.8, 4) is 16.9 Å². The fourth-order valence-corrected chi connectivity index (χ4v) is 4.63. The fourth-order valence-electron chi connectivity index (χ4n) is 3.56. The van der Waals surface area contributed by atoms with E-state index in [1.165, 1.54) is 5.56 Å². The van der Waals surface area contributed by atoms with Crippen LogP contribution in [-0.2, 0) is 6.54 Å². The molecule has 0 bridgehead atoms. The molecule has 2 aromatic heterocycles. The van der Waals surface area contributed by atoms with Gasteiger partial charge in [0.05, 0.1) is 24.7 Å². The fraction of sp³-hybridized carbons (Fsp3) is 0.217. The van der Waals surface area contributed by atoms with Crippen LogP contribution >= 0.6 is 11.3 Å². The highest BCUT2D eigenvalue weighted by Gasteiger charge is 2.17. The summed E-state index contributed by atoms with van der Waals surface area (Å²) in [7, 11) is 3.61. The van der Waals surface area contributed by atoms with Crippen LogP contribution in [-0.4, -0.2) is 24.1 Å². The number of methoxy groups -OCH3 is 1. The number of fused-ring (bicyclic) bond motifs is 1. The Bertz CT molecular complexity index is 1230. The quantitative estimate of drug-likeness (QED) is 0.512. The van der Waals surface area contributed by atoms with E-state index in [0.717, 1.165) is 32.3 Å². The van der Waals surface area contributed by atoms with Crippen LogP contribution in [0.4, 0.5) is 5.69 Å². The Morgan fingerprint density at radius 1 is 1.10 bits per heavy atom. The van der Waals surface area contributed by atoms with Crippen molar-refractivity contribution in [2.45, 2.75) is 20.4 Å². The van der Waals surface area contributed by atoms with Crippen molar-refractivity contribution in [1.29, 1.82) is 0 Å². The van der Waals surface area contributed by atoms with Gasteiger partial charge in [-0.1, -0.05) is 42.0 Å². The Morgan fingerprint density at radius 3 is 2.55 bits per heavy atom. The summed E-state index contributed by atoms with van der Waals surface area (Å²) in [5.41, 5.74) is 4.06. The number of thiophene rings is 1. The average molecular weight is 406 g/mol. The third kappa shape index (κ3) is 3.63. The second kappa shape index (κ2) is 7.72.